The Labute approximate surface area is 152 Å². The van der Waals surface area contributed by atoms with E-state index in [9.17, 15) is 4.79 Å². The van der Waals surface area contributed by atoms with Crippen LogP contribution in [0.15, 0.2) is 47.5 Å². The molecule has 0 spiro atoms. The number of nitrogens with two attached hydrogens (primary N) is 1. The van der Waals surface area contributed by atoms with Crippen LogP contribution in [0, 0.1) is 0 Å². The van der Waals surface area contributed by atoms with E-state index in [0.717, 1.165) is 11.3 Å². The number of ether oxygens (including phenoxy) is 3. The zero-order valence-electron chi connectivity index (χ0n) is 14.9. The third kappa shape index (κ3) is 5.30. The molecular weight excluding hydrogens is 336 g/mol. The van der Waals surface area contributed by atoms with E-state index in [1.807, 2.05) is 18.2 Å². The molecule has 1 amide bonds. The minimum absolute atomic E-state index is 0.272. The largest absolute Gasteiger partial charge is 0.493 e. The van der Waals surface area contributed by atoms with Gasteiger partial charge in [-0.15, -0.1) is 0 Å². The summed E-state index contributed by atoms with van der Waals surface area (Å²) < 4.78 is 15.0. The lowest BCUT2D eigenvalue weighted by molar-refractivity contribution is 0.187. The quantitative estimate of drug-likeness (QED) is 0.541. The van der Waals surface area contributed by atoms with E-state index in [1.165, 1.54) is 7.11 Å². The third-order valence-corrected chi connectivity index (χ3v) is 3.47. The zero-order chi connectivity index (χ0) is 18.9. The molecule has 0 saturated carbocycles. The minimum atomic E-state index is -0.515. The number of nitrogens with one attached hydrogen (secondary N) is 2. The minimum Gasteiger partial charge on any atom is -0.493 e. The van der Waals surface area contributed by atoms with Crippen molar-refractivity contribution >= 4 is 23.4 Å². The highest BCUT2D eigenvalue weighted by atomic mass is 16.5. The van der Waals surface area contributed by atoms with Crippen molar-refractivity contribution in [2.75, 3.05) is 32.0 Å². The molecule has 0 bridgehead atoms. The fourth-order valence-electron chi connectivity index (χ4n) is 2.14. The van der Waals surface area contributed by atoms with Crippen molar-refractivity contribution in [2.45, 2.75) is 6.54 Å². The van der Waals surface area contributed by atoms with Gasteiger partial charge in [-0.3, -0.25) is 5.32 Å². The maximum absolute atomic E-state index is 11.1. The number of methoxy groups -OCH3 is 3. The number of benzene rings is 2. The van der Waals surface area contributed by atoms with Crippen molar-refractivity contribution in [1.82, 2.24) is 0 Å². The maximum atomic E-state index is 11.1. The number of rotatable bonds is 6. The first-order valence-corrected chi connectivity index (χ1v) is 7.78. The highest BCUT2D eigenvalue weighted by Gasteiger charge is 2.05. The summed E-state index contributed by atoms with van der Waals surface area (Å²) in [7, 11) is 4.46. The lowest BCUT2D eigenvalue weighted by atomic mass is 10.2. The van der Waals surface area contributed by atoms with Crippen LogP contribution in [0.4, 0.5) is 16.2 Å². The van der Waals surface area contributed by atoms with Gasteiger partial charge in [-0.2, -0.15) is 0 Å². The number of nitrogens with zero attached hydrogens (tertiary/aromatic N) is 1. The number of hydrogen-bond acceptors (Lipinski definition) is 5. The van der Waals surface area contributed by atoms with Crippen LogP contribution in [-0.4, -0.2) is 33.4 Å². The molecule has 0 unspecified atom stereocenters. The fraction of sp³-hybridized carbons (Fsp3) is 0.222. The number of hydrogen-bond donors (Lipinski definition) is 3. The molecule has 2 rings (SSSR count). The molecule has 4 N–H and O–H groups in total. The predicted molar refractivity (Wildman–Crippen MR) is 101 cm³/mol. The first-order chi connectivity index (χ1) is 12.5. The predicted octanol–water partition coefficient (Wildman–Crippen LogP) is 2.81. The monoisotopic (exact) mass is 358 g/mol. The molecule has 0 fully saturated rings. The first kappa shape index (κ1) is 18.9. The van der Waals surface area contributed by atoms with Crippen molar-refractivity contribution in [3.8, 4) is 11.5 Å². The molecule has 8 heteroatoms. The Kier molecular flexibility index (Phi) is 6.67. The van der Waals surface area contributed by atoms with E-state index in [4.69, 9.17) is 15.2 Å². The van der Waals surface area contributed by atoms with Gasteiger partial charge < -0.3 is 25.3 Å². The molecule has 0 aliphatic rings. The van der Waals surface area contributed by atoms with Gasteiger partial charge in [0.1, 0.15) is 0 Å². The molecule has 2 aromatic carbocycles. The van der Waals surface area contributed by atoms with E-state index in [-0.39, 0.29) is 5.96 Å². The van der Waals surface area contributed by atoms with Gasteiger partial charge in [0.2, 0.25) is 0 Å². The second-order valence-electron chi connectivity index (χ2n) is 5.21. The summed E-state index contributed by atoms with van der Waals surface area (Å²) in [6.07, 6.45) is -0.515. The van der Waals surface area contributed by atoms with Crippen LogP contribution in [0.2, 0.25) is 0 Å². The molecule has 8 nitrogen and oxygen atoms in total. The highest BCUT2D eigenvalue weighted by molar-refractivity contribution is 5.92. The second kappa shape index (κ2) is 9.16. The number of carbonyl (C=O) groups excluding carboxylic acids is 1. The Morgan fingerprint density at radius 2 is 1.62 bits per heavy atom. The maximum Gasteiger partial charge on any atom is 0.411 e. The molecular formula is C18H22N4O4. The lowest BCUT2D eigenvalue weighted by Gasteiger charge is -2.11. The van der Waals surface area contributed by atoms with Crippen LogP contribution in [-0.2, 0) is 11.3 Å². The smallest absolute Gasteiger partial charge is 0.411 e. The van der Waals surface area contributed by atoms with E-state index in [1.54, 1.807) is 38.5 Å². The Morgan fingerprint density at radius 3 is 2.23 bits per heavy atom. The Balaban J connectivity index is 1.96. The summed E-state index contributed by atoms with van der Waals surface area (Å²) in [6.45, 7) is 0.393. The number of aliphatic imine (C=N–C) groups is 1. The second-order valence-corrected chi connectivity index (χ2v) is 5.21. The first-order valence-electron chi connectivity index (χ1n) is 7.78. The molecule has 0 heterocycles. The van der Waals surface area contributed by atoms with Crippen LogP contribution >= 0.6 is 0 Å². The lowest BCUT2D eigenvalue weighted by Crippen LogP contribution is -2.22. The molecule has 2 aromatic rings. The summed E-state index contributed by atoms with van der Waals surface area (Å²) in [4.78, 5) is 15.4. The fourth-order valence-corrected chi connectivity index (χ4v) is 2.14. The van der Waals surface area contributed by atoms with Gasteiger partial charge >= 0.3 is 6.09 Å². The Hall–Kier alpha value is -3.42. The van der Waals surface area contributed by atoms with E-state index in [0.29, 0.717) is 23.7 Å². The number of guanidine groups is 1. The summed E-state index contributed by atoms with van der Waals surface area (Å²) in [5.74, 6) is 1.50. The van der Waals surface area contributed by atoms with Gasteiger partial charge in [-0.25, -0.2) is 9.79 Å². The van der Waals surface area contributed by atoms with Crippen molar-refractivity contribution in [1.29, 1.82) is 0 Å². The number of carbonyl (C=O) groups is 1. The normalized spacial score (nSPS) is 10.8. The third-order valence-electron chi connectivity index (χ3n) is 3.47. The van der Waals surface area contributed by atoms with Crippen LogP contribution in [0.25, 0.3) is 0 Å². The van der Waals surface area contributed by atoms with Crippen LogP contribution in [0.3, 0.4) is 0 Å². The van der Waals surface area contributed by atoms with Crippen molar-refractivity contribution in [3.05, 3.63) is 48.0 Å². The van der Waals surface area contributed by atoms with Crippen LogP contribution in [0.1, 0.15) is 5.56 Å². The molecule has 0 radical (unpaired) electrons. The molecule has 138 valence electrons. The van der Waals surface area contributed by atoms with Gasteiger partial charge in [0.15, 0.2) is 17.5 Å². The number of anilines is 2. The van der Waals surface area contributed by atoms with Crippen LogP contribution < -0.4 is 25.8 Å². The van der Waals surface area contributed by atoms with Crippen molar-refractivity contribution < 1.29 is 19.0 Å². The molecule has 0 saturated heterocycles. The summed E-state index contributed by atoms with van der Waals surface area (Å²) in [5.41, 5.74) is 8.24. The molecule has 0 aliphatic carbocycles. The summed E-state index contributed by atoms with van der Waals surface area (Å²) in [5, 5.41) is 5.58. The zero-order valence-corrected chi connectivity index (χ0v) is 14.9. The molecule has 0 atom stereocenters. The highest BCUT2D eigenvalue weighted by Crippen LogP contribution is 2.29. The Morgan fingerprint density at radius 1 is 0.962 bits per heavy atom. The molecule has 0 aliphatic heterocycles. The molecule has 0 aromatic heterocycles. The standard InChI is InChI=1S/C18H22N4O4/c1-24-15-9-8-14(10-16(15)25-2)21-17(19)20-11-12-4-6-13(7-5-12)22-18(23)26-3/h4-10H,11H2,1-3H3,(H,22,23)(H3,19,20,21). The SMILES string of the molecule is COC(=O)Nc1ccc(CN=C(N)Nc2ccc(OC)c(OC)c2)cc1. The number of amides is 1. The van der Waals surface area contributed by atoms with Gasteiger partial charge in [-0.1, -0.05) is 12.1 Å². The topological polar surface area (TPSA) is 107 Å². The van der Waals surface area contributed by atoms with Gasteiger partial charge in [0.25, 0.3) is 0 Å². The summed E-state index contributed by atoms with van der Waals surface area (Å²) >= 11 is 0. The summed E-state index contributed by atoms with van der Waals surface area (Å²) in [6, 6.07) is 12.6. The van der Waals surface area contributed by atoms with Gasteiger partial charge in [0, 0.05) is 17.4 Å². The van der Waals surface area contributed by atoms with E-state index >= 15 is 0 Å². The van der Waals surface area contributed by atoms with Crippen LogP contribution in [0.5, 0.6) is 11.5 Å². The van der Waals surface area contributed by atoms with Gasteiger partial charge in [-0.05, 0) is 29.8 Å². The van der Waals surface area contributed by atoms with E-state index < -0.39 is 6.09 Å². The van der Waals surface area contributed by atoms with Gasteiger partial charge in [0.05, 0.1) is 27.9 Å². The van der Waals surface area contributed by atoms with Crippen molar-refractivity contribution in [2.24, 2.45) is 10.7 Å². The average molecular weight is 358 g/mol. The average Bonchev–Trinajstić information content (AvgIpc) is 2.67. The Bertz CT molecular complexity index is 775. The molecule has 26 heavy (non-hydrogen) atoms. The van der Waals surface area contributed by atoms with Crippen molar-refractivity contribution in [3.63, 3.8) is 0 Å². The van der Waals surface area contributed by atoms with E-state index in [2.05, 4.69) is 20.4 Å².